The second-order valence-corrected chi connectivity index (χ2v) is 4.11. The molecule has 0 unspecified atom stereocenters. The molecule has 2 rings (SSSR count). The highest BCUT2D eigenvalue weighted by atomic mass is 16.1. The van der Waals surface area contributed by atoms with E-state index in [1.807, 2.05) is 17.5 Å². The Bertz CT molecular complexity index is 620. The molecule has 0 aliphatic rings. The van der Waals surface area contributed by atoms with Gasteiger partial charge in [0.15, 0.2) is 0 Å². The van der Waals surface area contributed by atoms with Crippen LogP contribution in [0.5, 0.6) is 0 Å². The number of ketones is 1. The lowest BCUT2D eigenvalue weighted by molar-refractivity contribution is -0.116. The van der Waals surface area contributed by atoms with Crippen molar-refractivity contribution in [3.63, 3.8) is 0 Å². The van der Waals surface area contributed by atoms with E-state index >= 15 is 0 Å². The second-order valence-electron chi connectivity index (χ2n) is 4.11. The van der Waals surface area contributed by atoms with E-state index < -0.39 is 0 Å². The van der Waals surface area contributed by atoms with Gasteiger partial charge < -0.3 is 4.40 Å². The molecule has 84 valence electrons. The van der Waals surface area contributed by atoms with E-state index in [9.17, 15) is 9.59 Å². The van der Waals surface area contributed by atoms with Crippen molar-refractivity contribution < 1.29 is 4.79 Å². The van der Waals surface area contributed by atoms with Crippen molar-refractivity contribution in [1.82, 2.24) is 8.97 Å². The summed E-state index contributed by atoms with van der Waals surface area (Å²) in [6.07, 6.45) is 4.04. The molecule has 0 N–H and O–H groups in total. The standard InChI is InChI=1S/C12H14N2O2/c1-8-7-14-5-4-11(16)13(3)12(14)10(8)6-9(2)15/h4-5,7H,6H2,1-3H3. The highest BCUT2D eigenvalue weighted by molar-refractivity contribution is 5.81. The van der Waals surface area contributed by atoms with Crippen LogP contribution in [0.3, 0.4) is 0 Å². The number of hydrogen-bond donors (Lipinski definition) is 0. The minimum atomic E-state index is -0.0598. The lowest BCUT2D eigenvalue weighted by atomic mass is 10.1. The summed E-state index contributed by atoms with van der Waals surface area (Å²) in [5.74, 6) is 0.104. The molecule has 2 aromatic rings. The van der Waals surface area contributed by atoms with Crippen molar-refractivity contribution in [2.75, 3.05) is 0 Å². The van der Waals surface area contributed by atoms with Gasteiger partial charge in [-0.2, -0.15) is 0 Å². The first kappa shape index (κ1) is 10.7. The molecular formula is C12H14N2O2. The van der Waals surface area contributed by atoms with Crippen LogP contribution >= 0.6 is 0 Å². The van der Waals surface area contributed by atoms with E-state index in [0.717, 1.165) is 16.8 Å². The van der Waals surface area contributed by atoms with E-state index in [4.69, 9.17) is 0 Å². The zero-order chi connectivity index (χ0) is 11.9. The fourth-order valence-corrected chi connectivity index (χ4v) is 2.00. The first-order valence-electron chi connectivity index (χ1n) is 5.16. The number of carbonyl (C=O) groups excluding carboxylic acids is 1. The van der Waals surface area contributed by atoms with E-state index in [1.54, 1.807) is 24.7 Å². The van der Waals surface area contributed by atoms with Crippen LogP contribution in [-0.4, -0.2) is 14.8 Å². The summed E-state index contributed by atoms with van der Waals surface area (Å²) in [5.41, 5.74) is 2.72. The number of Topliss-reactive ketones (excluding diaryl/α,β-unsaturated/α-hetero) is 1. The molecule has 0 saturated carbocycles. The van der Waals surface area contributed by atoms with E-state index in [2.05, 4.69) is 0 Å². The molecule has 0 amide bonds. The highest BCUT2D eigenvalue weighted by Crippen LogP contribution is 2.17. The van der Waals surface area contributed by atoms with Crippen LogP contribution < -0.4 is 5.56 Å². The summed E-state index contributed by atoms with van der Waals surface area (Å²) in [7, 11) is 1.72. The molecule has 2 heterocycles. The van der Waals surface area contributed by atoms with Crippen LogP contribution in [-0.2, 0) is 18.3 Å². The Hall–Kier alpha value is -1.84. The third kappa shape index (κ3) is 1.56. The predicted octanol–water partition coefficient (Wildman–Crippen LogP) is 1.08. The SMILES string of the molecule is CC(=O)Cc1c(C)cn2ccc(=O)n(C)c12. The number of nitrogens with zero attached hydrogens (tertiary/aromatic N) is 2. The van der Waals surface area contributed by atoms with E-state index in [0.29, 0.717) is 6.42 Å². The molecule has 0 aliphatic heterocycles. The Morgan fingerprint density at radius 3 is 2.75 bits per heavy atom. The number of hydrogen-bond acceptors (Lipinski definition) is 2. The third-order valence-electron chi connectivity index (χ3n) is 2.77. The smallest absolute Gasteiger partial charge is 0.253 e. The van der Waals surface area contributed by atoms with Crippen LogP contribution in [0.4, 0.5) is 0 Å². The summed E-state index contributed by atoms with van der Waals surface area (Å²) < 4.78 is 3.46. The minimum Gasteiger partial charge on any atom is -0.309 e. The summed E-state index contributed by atoms with van der Waals surface area (Å²) in [6.45, 7) is 3.51. The van der Waals surface area contributed by atoms with Crippen LogP contribution in [0.25, 0.3) is 5.65 Å². The summed E-state index contributed by atoms with van der Waals surface area (Å²) in [4.78, 5) is 22.8. The second kappa shape index (κ2) is 3.63. The Morgan fingerprint density at radius 1 is 1.44 bits per heavy atom. The van der Waals surface area contributed by atoms with Crippen molar-refractivity contribution in [2.24, 2.45) is 7.05 Å². The van der Waals surface area contributed by atoms with Gasteiger partial charge in [-0.1, -0.05) is 0 Å². The maximum atomic E-state index is 11.5. The van der Waals surface area contributed by atoms with Crippen molar-refractivity contribution in [3.05, 3.63) is 39.9 Å². The number of carbonyl (C=O) groups is 1. The summed E-state index contributed by atoms with van der Waals surface area (Å²) >= 11 is 0. The van der Waals surface area contributed by atoms with Crippen LogP contribution in [0.2, 0.25) is 0 Å². The maximum Gasteiger partial charge on any atom is 0.253 e. The van der Waals surface area contributed by atoms with Gasteiger partial charge in [0.1, 0.15) is 11.4 Å². The monoisotopic (exact) mass is 218 g/mol. The fraction of sp³-hybridized carbons (Fsp3) is 0.333. The minimum absolute atomic E-state index is 0.0598. The third-order valence-corrected chi connectivity index (χ3v) is 2.77. The van der Waals surface area contributed by atoms with Gasteiger partial charge in [-0.15, -0.1) is 0 Å². The average Bonchev–Trinajstić information content (AvgIpc) is 2.50. The van der Waals surface area contributed by atoms with Crippen molar-refractivity contribution in [3.8, 4) is 0 Å². The van der Waals surface area contributed by atoms with Crippen molar-refractivity contribution in [1.29, 1.82) is 0 Å². The van der Waals surface area contributed by atoms with E-state index in [-0.39, 0.29) is 11.3 Å². The van der Waals surface area contributed by atoms with E-state index in [1.165, 1.54) is 6.07 Å². The number of aryl methyl sites for hydroxylation is 2. The predicted molar refractivity (Wildman–Crippen MR) is 61.8 cm³/mol. The van der Waals surface area contributed by atoms with Crippen molar-refractivity contribution >= 4 is 11.4 Å². The molecule has 0 aliphatic carbocycles. The van der Waals surface area contributed by atoms with Gasteiger partial charge in [0.25, 0.3) is 5.56 Å². The average molecular weight is 218 g/mol. The first-order chi connectivity index (χ1) is 7.50. The van der Waals surface area contributed by atoms with Gasteiger partial charge in [0.2, 0.25) is 0 Å². The molecular weight excluding hydrogens is 204 g/mol. The molecule has 4 nitrogen and oxygen atoms in total. The van der Waals surface area contributed by atoms with Gasteiger partial charge in [-0.05, 0) is 19.4 Å². The zero-order valence-corrected chi connectivity index (χ0v) is 9.65. The van der Waals surface area contributed by atoms with Crippen LogP contribution in [0, 0.1) is 6.92 Å². The molecule has 0 bridgehead atoms. The molecule has 0 spiro atoms. The Labute approximate surface area is 93.1 Å². The van der Waals surface area contributed by atoms with Gasteiger partial charge >= 0.3 is 0 Å². The Kier molecular flexibility index (Phi) is 2.42. The Balaban J connectivity index is 2.81. The van der Waals surface area contributed by atoms with Crippen molar-refractivity contribution in [2.45, 2.75) is 20.3 Å². The highest BCUT2D eigenvalue weighted by Gasteiger charge is 2.12. The van der Waals surface area contributed by atoms with Crippen LogP contribution in [0.15, 0.2) is 23.3 Å². The lowest BCUT2D eigenvalue weighted by Gasteiger charge is -2.04. The Morgan fingerprint density at radius 2 is 2.12 bits per heavy atom. The van der Waals surface area contributed by atoms with Crippen LogP contribution in [0.1, 0.15) is 18.1 Å². The first-order valence-corrected chi connectivity index (χ1v) is 5.16. The number of aromatic nitrogens is 2. The van der Waals surface area contributed by atoms with Gasteiger partial charge in [-0.25, -0.2) is 0 Å². The molecule has 0 aromatic carbocycles. The molecule has 0 fully saturated rings. The zero-order valence-electron chi connectivity index (χ0n) is 9.65. The number of rotatable bonds is 2. The van der Waals surface area contributed by atoms with Gasteiger partial charge in [-0.3, -0.25) is 14.2 Å². The molecule has 16 heavy (non-hydrogen) atoms. The lowest BCUT2D eigenvalue weighted by Crippen LogP contribution is -2.18. The largest absolute Gasteiger partial charge is 0.309 e. The molecule has 0 saturated heterocycles. The van der Waals surface area contributed by atoms with Gasteiger partial charge in [0, 0.05) is 37.5 Å². The maximum absolute atomic E-state index is 11.5. The quantitative estimate of drug-likeness (QED) is 0.757. The van der Waals surface area contributed by atoms with Gasteiger partial charge in [0.05, 0.1) is 0 Å². The summed E-state index contributed by atoms with van der Waals surface area (Å²) in [5, 5.41) is 0. The molecule has 4 heteroatoms. The summed E-state index contributed by atoms with van der Waals surface area (Å²) in [6, 6.07) is 1.52. The molecule has 0 radical (unpaired) electrons. The fourth-order valence-electron chi connectivity index (χ4n) is 2.00. The molecule has 0 atom stereocenters. The number of fused-ring (bicyclic) bond motifs is 1. The topological polar surface area (TPSA) is 43.5 Å². The molecule has 2 aromatic heterocycles. The normalized spacial score (nSPS) is 10.9.